The molecule has 4 rings (SSSR count). The standard InChI is InChI=1S/C19H23N3O2/c1-15-5-4-6-16(21-15)12-22-10-8-19(14-22)11-17(13-23-19)24-18-7-2-3-9-20-18/h2-7,9,17H,8,10-14H2,1H3/t17-,19-/m0/s1. The Morgan fingerprint density at radius 3 is 3.08 bits per heavy atom. The largest absolute Gasteiger partial charge is 0.472 e. The van der Waals surface area contributed by atoms with Crippen LogP contribution in [0.5, 0.6) is 5.88 Å². The molecule has 0 aromatic carbocycles. The fraction of sp³-hybridized carbons (Fsp3) is 0.474. The monoisotopic (exact) mass is 325 g/mol. The van der Waals surface area contributed by atoms with E-state index in [2.05, 4.69) is 27.0 Å². The third kappa shape index (κ3) is 3.42. The first-order valence-corrected chi connectivity index (χ1v) is 8.57. The highest BCUT2D eigenvalue weighted by atomic mass is 16.6. The molecule has 0 N–H and O–H groups in total. The molecule has 2 atom stereocenters. The number of hydrogen-bond donors (Lipinski definition) is 0. The maximum atomic E-state index is 6.16. The summed E-state index contributed by atoms with van der Waals surface area (Å²) in [4.78, 5) is 11.3. The Morgan fingerprint density at radius 2 is 2.25 bits per heavy atom. The molecular weight excluding hydrogens is 302 g/mol. The van der Waals surface area contributed by atoms with Gasteiger partial charge in [-0.05, 0) is 31.5 Å². The number of hydrogen-bond acceptors (Lipinski definition) is 5. The second kappa shape index (κ2) is 6.49. The number of likely N-dealkylation sites (tertiary alicyclic amines) is 1. The zero-order valence-corrected chi connectivity index (χ0v) is 14.0. The minimum Gasteiger partial charge on any atom is -0.472 e. The van der Waals surface area contributed by atoms with Crippen molar-refractivity contribution < 1.29 is 9.47 Å². The first-order chi connectivity index (χ1) is 11.7. The lowest BCUT2D eigenvalue weighted by molar-refractivity contribution is 0.00916. The third-order valence-electron chi connectivity index (χ3n) is 4.83. The Balaban J connectivity index is 1.34. The molecule has 5 nitrogen and oxygen atoms in total. The normalized spacial score (nSPS) is 27.0. The first-order valence-electron chi connectivity index (χ1n) is 8.57. The van der Waals surface area contributed by atoms with Gasteiger partial charge in [-0.1, -0.05) is 12.1 Å². The smallest absolute Gasteiger partial charge is 0.213 e. The van der Waals surface area contributed by atoms with Crippen LogP contribution in [-0.2, 0) is 11.3 Å². The summed E-state index contributed by atoms with van der Waals surface area (Å²) in [6, 6.07) is 11.9. The van der Waals surface area contributed by atoms with E-state index in [1.54, 1.807) is 6.20 Å². The predicted octanol–water partition coefficient (Wildman–Crippen LogP) is 2.60. The average molecular weight is 325 g/mol. The van der Waals surface area contributed by atoms with Crippen molar-refractivity contribution in [3.63, 3.8) is 0 Å². The Labute approximate surface area is 142 Å². The van der Waals surface area contributed by atoms with Gasteiger partial charge in [-0.15, -0.1) is 0 Å². The van der Waals surface area contributed by atoms with Crippen LogP contribution in [0.4, 0.5) is 0 Å². The van der Waals surface area contributed by atoms with Gasteiger partial charge in [-0.2, -0.15) is 0 Å². The van der Waals surface area contributed by atoms with Crippen LogP contribution in [0, 0.1) is 6.92 Å². The molecule has 0 bridgehead atoms. The van der Waals surface area contributed by atoms with Gasteiger partial charge in [0.25, 0.3) is 0 Å². The van der Waals surface area contributed by atoms with E-state index in [-0.39, 0.29) is 11.7 Å². The molecule has 2 fully saturated rings. The average Bonchev–Trinajstić information content (AvgIpc) is 3.15. The highest BCUT2D eigenvalue weighted by Gasteiger charge is 2.46. The highest BCUT2D eigenvalue weighted by Crippen LogP contribution is 2.36. The molecule has 2 aromatic heterocycles. The molecule has 1 spiro atoms. The van der Waals surface area contributed by atoms with Crippen LogP contribution in [0.1, 0.15) is 24.2 Å². The topological polar surface area (TPSA) is 47.5 Å². The molecule has 126 valence electrons. The van der Waals surface area contributed by atoms with Crippen molar-refractivity contribution in [3.05, 3.63) is 54.0 Å². The van der Waals surface area contributed by atoms with Crippen molar-refractivity contribution in [3.8, 4) is 5.88 Å². The van der Waals surface area contributed by atoms with Gasteiger partial charge < -0.3 is 9.47 Å². The number of pyridine rings is 2. The summed E-state index contributed by atoms with van der Waals surface area (Å²) in [7, 11) is 0. The zero-order chi connectivity index (χ0) is 16.4. The van der Waals surface area contributed by atoms with Gasteiger partial charge in [-0.3, -0.25) is 9.88 Å². The van der Waals surface area contributed by atoms with E-state index in [0.717, 1.165) is 43.9 Å². The van der Waals surface area contributed by atoms with Crippen LogP contribution < -0.4 is 4.74 Å². The Hall–Kier alpha value is -1.98. The van der Waals surface area contributed by atoms with Gasteiger partial charge >= 0.3 is 0 Å². The van der Waals surface area contributed by atoms with Gasteiger partial charge in [0.05, 0.1) is 17.9 Å². The maximum absolute atomic E-state index is 6.16. The van der Waals surface area contributed by atoms with Crippen LogP contribution in [0.3, 0.4) is 0 Å². The van der Waals surface area contributed by atoms with E-state index >= 15 is 0 Å². The number of rotatable bonds is 4. The molecular formula is C19H23N3O2. The van der Waals surface area contributed by atoms with E-state index in [1.807, 2.05) is 31.2 Å². The fourth-order valence-corrected chi connectivity index (χ4v) is 3.73. The molecule has 4 heterocycles. The lowest BCUT2D eigenvalue weighted by Gasteiger charge is -2.23. The Bertz CT molecular complexity index is 694. The molecule has 2 saturated heterocycles. The van der Waals surface area contributed by atoms with Crippen molar-refractivity contribution in [2.24, 2.45) is 0 Å². The minimum atomic E-state index is -0.0662. The summed E-state index contributed by atoms with van der Waals surface area (Å²) in [6.07, 6.45) is 3.84. The molecule has 0 unspecified atom stereocenters. The summed E-state index contributed by atoms with van der Waals surface area (Å²) in [6.45, 7) is 5.57. The first kappa shape index (κ1) is 15.5. The van der Waals surface area contributed by atoms with E-state index in [4.69, 9.17) is 9.47 Å². The third-order valence-corrected chi connectivity index (χ3v) is 4.83. The number of nitrogens with zero attached hydrogens (tertiary/aromatic N) is 3. The maximum Gasteiger partial charge on any atom is 0.213 e. The lowest BCUT2D eigenvalue weighted by atomic mass is 9.98. The summed E-state index contributed by atoms with van der Waals surface area (Å²) < 4.78 is 12.1. The van der Waals surface area contributed by atoms with Gasteiger partial charge in [0.1, 0.15) is 6.10 Å². The van der Waals surface area contributed by atoms with Crippen LogP contribution in [-0.4, -0.2) is 46.3 Å². The van der Waals surface area contributed by atoms with E-state index in [1.165, 1.54) is 0 Å². The fourth-order valence-electron chi connectivity index (χ4n) is 3.73. The van der Waals surface area contributed by atoms with Crippen LogP contribution >= 0.6 is 0 Å². The van der Waals surface area contributed by atoms with Crippen LogP contribution in [0.25, 0.3) is 0 Å². The SMILES string of the molecule is Cc1cccc(CN2CC[C@]3(C[C@H](Oc4ccccn4)CO3)C2)n1. The molecule has 24 heavy (non-hydrogen) atoms. The Morgan fingerprint density at radius 1 is 1.29 bits per heavy atom. The second-order valence-electron chi connectivity index (χ2n) is 6.84. The molecule has 0 saturated carbocycles. The summed E-state index contributed by atoms with van der Waals surface area (Å²) in [5.74, 6) is 0.682. The van der Waals surface area contributed by atoms with Crippen molar-refractivity contribution in [1.29, 1.82) is 0 Å². The number of ether oxygens (including phenoxy) is 2. The second-order valence-corrected chi connectivity index (χ2v) is 6.84. The van der Waals surface area contributed by atoms with Crippen molar-refractivity contribution in [2.45, 2.75) is 38.0 Å². The minimum absolute atomic E-state index is 0.0662. The summed E-state index contributed by atoms with van der Waals surface area (Å²) >= 11 is 0. The predicted molar refractivity (Wildman–Crippen MR) is 90.8 cm³/mol. The number of aryl methyl sites for hydroxylation is 1. The van der Waals surface area contributed by atoms with E-state index < -0.39 is 0 Å². The molecule has 2 aliphatic heterocycles. The van der Waals surface area contributed by atoms with Gasteiger partial charge in [0, 0.05) is 44.0 Å². The Kier molecular flexibility index (Phi) is 4.21. The molecule has 0 aliphatic carbocycles. The van der Waals surface area contributed by atoms with Gasteiger partial charge in [0.15, 0.2) is 0 Å². The van der Waals surface area contributed by atoms with Gasteiger partial charge in [0.2, 0.25) is 5.88 Å². The zero-order valence-electron chi connectivity index (χ0n) is 14.0. The van der Waals surface area contributed by atoms with Crippen LogP contribution in [0.2, 0.25) is 0 Å². The quantitative estimate of drug-likeness (QED) is 0.865. The lowest BCUT2D eigenvalue weighted by Crippen LogP contribution is -2.33. The summed E-state index contributed by atoms with van der Waals surface area (Å²) in [5, 5.41) is 0. The highest BCUT2D eigenvalue weighted by molar-refractivity contribution is 5.12. The van der Waals surface area contributed by atoms with E-state index in [9.17, 15) is 0 Å². The summed E-state index contributed by atoms with van der Waals surface area (Å²) in [5.41, 5.74) is 2.14. The molecule has 2 aliphatic rings. The van der Waals surface area contributed by atoms with E-state index in [0.29, 0.717) is 12.5 Å². The molecule has 0 amide bonds. The van der Waals surface area contributed by atoms with Crippen molar-refractivity contribution >= 4 is 0 Å². The van der Waals surface area contributed by atoms with Gasteiger partial charge in [-0.25, -0.2) is 4.98 Å². The molecule has 0 radical (unpaired) electrons. The van der Waals surface area contributed by atoms with Crippen molar-refractivity contribution in [1.82, 2.24) is 14.9 Å². The molecule has 5 heteroatoms. The van der Waals surface area contributed by atoms with Crippen molar-refractivity contribution in [2.75, 3.05) is 19.7 Å². The number of aromatic nitrogens is 2. The van der Waals surface area contributed by atoms with Crippen LogP contribution in [0.15, 0.2) is 42.6 Å². The molecule has 2 aromatic rings.